The Kier molecular flexibility index (Phi) is 4.76. The molecule has 0 amide bonds. The van der Waals surface area contributed by atoms with Crippen molar-refractivity contribution in [1.29, 1.82) is 0 Å². The molecule has 0 spiro atoms. The SMILES string of the molecule is COc1ccc(C(=O)Oc2ccc(C(=O)O)c(F)c2)cc1C12CC3CC(CC(C3)C1)C2. The zero-order valence-corrected chi connectivity index (χ0v) is 17.4. The Morgan fingerprint density at radius 1 is 1.00 bits per heavy atom. The molecule has 5 nitrogen and oxygen atoms in total. The zero-order valence-electron chi connectivity index (χ0n) is 17.4. The number of carboxylic acid groups (broad SMARTS) is 1. The monoisotopic (exact) mass is 424 g/mol. The summed E-state index contributed by atoms with van der Waals surface area (Å²) in [6.45, 7) is 0. The van der Waals surface area contributed by atoms with E-state index >= 15 is 0 Å². The van der Waals surface area contributed by atoms with E-state index in [2.05, 4.69) is 0 Å². The van der Waals surface area contributed by atoms with E-state index < -0.39 is 23.3 Å². The molecule has 0 radical (unpaired) electrons. The first kappa shape index (κ1) is 20.0. The van der Waals surface area contributed by atoms with E-state index in [-0.39, 0.29) is 11.2 Å². The van der Waals surface area contributed by atoms with E-state index in [0.29, 0.717) is 5.56 Å². The van der Waals surface area contributed by atoms with Crippen LogP contribution >= 0.6 is 0 Å². The molecule has 0 saturated heterocycles. The predicted octanol–water partition coefficient (Wildman–Crippen LogP) is 5.22. The molecule has 0 atom stereocenters. The molecule has 4 aliphatic rings. The third-order valence-electron chi connectivity index (χ3n) is 7.43. The average molecular weight is 424 g/mol. The van der Waals surface area contributed by atoms with Crippen LogP contribution < -0.4 is 9.47 Å². The maximum absolute atomic E-state index is 14.0. The number of halogens is 1. The Hall–Kier alpha value is -2.89. The first-order valence-corrected chi connectivity index (χ1v) is 10.8. The Bertz CT molecular complexity index is 1020. The van der Waals surface area contributed by atoms with E-state index in [9.17, 15) is 14.0 Å². The fourth-order valence-corrected chi connectivity index (χ4v) is 6.59. The fraction of sp³-hybridized carbons (Fsp3) is 0.440. The molecule has 4 fully saturated rings. The van der Waals surface area contributed by atoms with Gasteiger partial charge in [0.15, 0.2) is 0 Å². The maximum Gasteiger partial charge on any atom is 0.343 e. The molecule has 31 heavy (non-hydrogen) atoms. The second-order valence-corrected chi connectivity index (χ2v) is 9.45. The van der Waals surface area contributed by atoms with Crippen LogP contribution in [-0.2, 0) is 5.41 Å². The molecule has 2 aromatic carbocycles. The number of carbonyl (C=O) groups excluding carboxylic acids is 1. The predicted molar refractivity (Wildman–Crippen MR) is 111 cm³/mol. The standard InChI is InChI=1S/C25H25FO5/c1-30-22-5-2-17(24(29)31-18-3-4-19(23(27)28)21(26)10-18)9-20(22)25-11-14-6-15(12-25)8-16(7-14)13-25/h2-5,9-10,14-16H,6-8,11-13H2,1H3,(H,27,28). The summed E-state index contributed by atoms with van der Waals surface area (Å²) in [5.74, 6) is 0.116. The number of carbonyl (C=O) groups is 2. The highest BCUT2D eigenvalue weighted by molar-refractivity contribution is 5.92. The van der Waals surface area contributed by atoms with E-state index in [1.54, 1.807) is 13.2 Å². The van der Waals surface area contributed by atoms with Gasteiger partial charge in [-0.1, -0.05) is 0 Å². The molecule has 4 bridgehead atoms. The first-order chi connectivity index (χ1) is 14.9. The second kappa shape index (κ2) is 7.36. The number of rotatable bonds is 5. The van der Waals surface area contributed by atoms with Crippen LogP contribution in [0.5, 0.6) is 11.5 Å². The van der Waals surface area contributed by atoms with E-state index in [1.165, 1.54) is 25.3 Å². The lowest BCUT2D eigenvalue weighted by Gasteiger charge is -2.57. The van der Waals surface area contributed by atoms with Gasteiger partial charge in [-0.2, -0.15) is 0 Å². The third-order valence-corrected chi connectivity index (χ3v) is 7.43. The number of hydrogen-bond acceptors (Lipinski definition) is 4. The zero-order chi connectivity index (χ0) is 21.8. The Morgan fingerprint density at radius 3 is 2.19 bits per heavy atom. The number of benzene rings is 2. The normalized spacial score (nSPS) is 28.4. The van der Waals surface area contributed by atoms with E-state index in [0.717, 1.165) is 60.5 Å². The van der Waals surface area contributed by atoms with Gasteiger partial charge in [0.25, 0.3) is 0 Å². The summed E-state index contributed by atoms with van der Waals surface area (Å²) in [5.41, 5.74) is 1.05. The molecule has 2 aromatic rings. The molecular weight excluding hydrogens is 399 g/mol. The number of aromatic carboxylic acids is 1. The molecule has 4 saturated carbocycles. The lowest BCUT2D eigenvalue weighted by atomic mass is 9.48. The van der Waals surface area contributed by atoms with Gasteiger partial charge in [0, 0.05) is 11.6 Å². The molecule has 6 heteroatoms. The number of ether oxygens (including phenoxy) is 2. The van der Waals surface area contributed by atoms with Gasteiger partial charge in [0.2, 0.25) is 0 Å². The fourth-order valence-electron chi connectivity index (χ4n) is 6.59. The van der Waals surface area contributed by atoms with E-state index in [1.807, 2.05) is 12.1 Å². The molecule has 162 valence electrons. The van der Waals surface area contributed by atoms with Crippen LogP contribution in [0.2, 0.25) is 0 Å². The topological polar surface area (TPSA) is 72.8 Å². The second-order valence-electron chi connectivity index (χ2n) is 9.45. The van der Waals surface area contributed by atoms with Crippen LogP contribution in [0, 0.1) is 23.6 Å². The maximum atomic E-state index is 14.0. The van der Waals surface area contributed by atoms with Crippen LogP contribution in [0.25, 0.3) is 0 Å². The Balaban J connectivity index is 1.44. The number of methoxy groups -OCH3 is 1. The molecule has 6 rings (SSSR count). The quantitative estimate of drug-likeness (QED) is 0.526. The van der Waals surface area contributed by atoms with Crippen molar-refractivity contribution in [2.24, 2.45) is 17.8 Å². The molecule has 0 aliphatic heterocycles. The van der Waals surface area contributed by atoms with Crippen LogP contribution in [0.1, 0.15) is 64.8 Å². The van der Waals surface area contributed by atoms with Crippen molar-refractivity contribution in [3.63, 3.8) is 0 Å². The molecule has 0 heterocycles. The highest BCUT2D eigenvalue weighted by atomic mass is 19.1. The minimum absolute atomic E-state index is 0.0281. The van der Waals surface area contributed by atoms with Crippen LogP contribution in [0.4, 0.5) is 4.39 Å². The summed E-state index contributed by atoms with van der Waals surface area (Å²) in [6.07, 6.45) is 7.37. The summed E-state index contributed by atoms with van der Waals surface area (Å²) in [4.78, 5) is 23.8. The van der Waals surface area contributed by atoms with Crippen molar-refractivity contribution in [2.45, 2.75) is 43.9 Å². The molecular formula is C25H25FO5. The molecule has 1 N–H and O–H groups in total. The summed E-state index contributed by atoms with van der Waals surface area (Å²) in [7, 11) is 1.66. The van der Waals surface area contributed by atoms with Crippen LogP contribution in [-0.4, -0.2) is 24.2 Å². The number of esters is 1. The van der Waals surface area contributed by atoms with Gasteiger partial charge in [-0.3, -0.25) is 0 Å². The first-order valence-electron chi connectivity index (χ1n) is 10.8. The molecule has 4 aliphatic carbocycles. The minimum atomic E-state index is -1.37. The largest absolute Gasteiger partial charge is 0.496 e. The third kappa shape index (κ3) is 3.48. The van der Waals surface area contributed by atoms with Crippen molar-refractivity contribution in [1.82, 2.24) is 0 Å². The van der Waals surface area contributed by atoms with Crippen molar-refractivity contribution in [2.75, 3.05) is 7.11 Å². The van der Waals surface area contributed by atoms with Gasteiger partial charge >= 0.3 is 11.9 Å². The van der Waals surface area contributed by atoms with Crippen LogP contribution in [0.15, 0.2) is 36.4 Å². The van der Waals surface area contributed by atoms with Crippen molar-refractivity contribution in [3.8, 4) is 11.5 Å². The van der Waals surface area contributed by atoms with Gasteiger partial charge in [-0.15, -0.1) is 0 Å². The lowest BCUT2D eigenvalue weighted by molar-refractivity contribution is -0.00618. The van der Waals surface area contributed by atoms with Crippen molar-refractivity contribution in [3.05, 3.63) is 58.9 Å². The average Bonchev–Trinajstić information content (AvgIpc) is 2.72. The summed E-state index contributed by atoms with van der Waals surface area (Å²) < 4.78 is 25.0. The summed E-state index contributed by atoms with van der Waals surface area (Å²) in [5, 5.41) is 8.95. The molecule has 0 unspecified atom stereocenters. The lowest BCUT2D eigenvalue weighted by Crippen LogP contribution is -2.48. The van der Waals surface area contributed by atoms with E-state index in [4.69, 9.17) is 14.6 Å². The minimum Gasteiger partial charge on any atom is -0.496 e. The van der Waals surface area contributed by atoms with Gasteiger partial charge in [-0.05, 0) is 92.0 Å². The van der Waals surface area contributed by atoms with Gasteiger partial charge in [0.1, 0.15) is 17.3 Å². The smallest absolute Gasteiger partial charge is 0.343 e. The van der Waals surface area contributed by atoms with Gasteiger partial charge in [0.05, 0.1) is 18.2 Å². The highest BCUT2D eigenvalue weighted by Crippen LogP contribution is 2.61. The number of carboxylic acids is 1. The Labute approximate surface area is 180 Å². The van der Waals surface area contributed by atoms with Gasteiger partial charge < -0.3 is 14.6 Å². The van der Waals surface area contributed by atoms with Crippen molar-refractivity contribution >= 4 is 11.9 Å². The Morgan fingerprint density at radius 2 is 1.65 bits per heavy atom. The summed E-state index contributed by atoms with van der Waals surface area (Å²) >= 11 is 0. The summed E-state index contributed by atoms with van der Waals surface area (Å²) in [6, 6.07) is 8.66. The number of hydrogen-bond donors (Lipinski definition) is 1. The van der Waals surface area contributed by atoms with Crippen molar-refractivity contribution < 1.29 is 28.6 Å². The van der Waals surface area contributed by atoms with Gasteiger partial charge in [-0.25, -0.2) is 14.0 Å². The highest BCUT2D eigenvalue weighted by Gasteiger charge is 2.52. The van der Waals surface area contributed by atoms with Crippen LogP contribution in [0.3, 0.4) is 0 Å². The molecule has 0 aromatic heterocycles.